The van der Waals surface area contributed by atoms with Crippen LogP contribution >= 0.6 is 0 Å². The zero-order valence-corrected chi connectivity index (χ0v) is 14.5. The Morgan fingerprint density at radius 3 is 3.00 bits per heavy atom. The molecule has 1 aromatic heterocycles. The van der Waals surface area contributed by atoms with Crippen molar-refractivity contribution >= 4 is 0 Å². The molecule has 0 spiro atoms. The number of rotatable bonds is 7. The number of aromatic nitrogens is 2. The minimum atomic E-state index is 0.633. The highest BCUT2D eigenvalue weighted by molar-refractivity contribution is 4.90. The fourth-order valence-electron chi connectivity index (χ4n) is 4.14. The van der Waals surface area contributed by atoms with E-state index >= 15 is 0 Å². The smallest absolute Gasteiger partial charge is 0.240 e. The van der Waals surface area contributed by atoms with Gasteiger partial charge in [0.2, 0.25) is 5.89 Å². The fraction of sp³-hybridized carbons (Fsp3) is 0.882. The third kappa shape index (κ3) is 4.52. The maximum absolute atomic E-state index is 5.36. The minimum absolute atomic E-state index is 0.633. The van der Waals surface area contributed by atoms with Gasteiger partial charge in [-0.2, -0.15) is 4.98 Å². The second kappa shape index (κ2) is 8.22. The van der Waals surface area contributed by atoms with E-state index in [9.17, 15) is 0 Å². The average molecular weight is 322 g/mol. The topological polar surface area (TPSA) is 54.6 Å². The summed E-state index contributed by atoms with van der Waals surface area (Å²) in [7, 11) is 3.86. The van der Waals surface area contributed by atoms with E-state index in [4.69, 9.17) is 9.26 Å². The molecule has 6 nitrogen and oxygen atoms in total. The van der Waals surface area contributed by atoms with Gasteiger partial charge in [-0.25, -0.2) is 0 Å². The number of ether oxygens (including phenoxy) is 1. The molecule has 6 heteroatoms. The van der Waals surface area contributed by atoms with E-state index in [-0.39, 0.29) is 0 Å². The molecule has 23 heavy (non-hydrogen) atoms. The normalized spacial score (nSPS) is 25.7. The third-order valence-corrected chi connectivity index (χ3v) is 5.22. The Hall–Kier alpha value is -0.980. The second-order valence-corrected chi connectivity index (χ2v) is 7.05. The van der Waals surface area contributed by atoms with Crippen molar-refractivity contribution in [2.45, 2.75) is 51.1 Å². The molecular formula is C17H30N4O2. The standard InChI is InChI=1S/C17H30N4O2/c1-20(13-17-18-16(19-23-17)8-11-22-2)12-14-6-5-10-21-9-4-3-7-15(14)21/h14-15H,3-13H2,1-2H3/t14-,15+/m0/s1. The molecule has 0 bridgehead atoms. The van der Waals surface area contributed by atoms with Crippen molar-refractivity contribution in [1.29, 1.82) is 0 Å². The Bertz CT molecular complexity index is 477. The largest absolute Gasteiger partial charge is 0.384 e. The zero-order valence-electron chi connectivity index (χ0n) is 14.5. The minimum Gasteiger partial charge on any atom is -0.384 e. The number of hydrogen-bond acceptors (Lipinski definition) is 6. The maximum atomic E-state index is 5.36. The van der Waals surface area contributed by atoms with E-state index in [0.717, 1.165) is 36.8 Å². The van der Waals surface area contributed by atoms with Crippen molar-refractivity contribution in [3.8, 4) is 0 Å². The monoisotopic (exact) mass is 322 g/mol. The summed E-state index contributed by atoms with van der Waals surface area (Å²) in [6.07, 6.45) is 7.56. The van der Waals surface area contributed by atoms with Gasteiger partial charge in [0.05, 0.1) is 13.2 Å². The van der Waals surface area contributed by atoms with Crippen LogP contribution in [0.3, 0.4) is 0 Å². The molecule has 0 aliphatic carbocycles. The molecule has 0 unspecified atom stereocenters. The van der Waals surface area contributed by atoms with E-state index in [1.165, 1.54) is 45.2 Å². The number of hydrogen-bond donors (Lipinski definition) is 0. The molecule has 0 N–H and O–H groups in total. The van der Waals surface area contributed by atoms with E-state index in [2.05, 4.69) is 27.0 Å². The molecule has 2 aliphatic heterocycles. The van der Waals surface area contributed by atoms with Crippen LogP contribution in [-0.2, 0) is 17.7 Å². The summed E-state index contributed by atoms with van der Waals surface area (Å²) in [5.74, 6) is 2.24. The SMILES string of the molecule is COCCc1noc(CN(C)C[C@@H]2CCCN3CCCC[C@H]23)n1. The molecule has 2 aliphatic rings. The zero-order chi connectivity index (χ0) is 16.1. The summed E-state index contributed by atoms with van der Waals surface area (Å²) in [5.41, 5.74) is 0. The van der Waals surface area contributed by atoms with Crippen LogP contribution in [0.15, 0.2) is 4.52 Å². The predicted molar refractivity (Wildman–Crippen MR) is 88.1 cm³/mol. The van der Waals surface area contributed by atoms with Gasteiger partial charge in [0.1, 0.15) is 0 Å². The summed E-state index contributed by atoms with van der Waals surface area (Å²) in [6.45, 7) is 5.10. The number of methoxy groups -OCH3 is 1. The molecule has 3 heterocycles. The molecule has 2 atom stereocenters. The first-order valence-corrected chi connectivity index (χ1v) is 8.99. The van der Waals surface area contributed by atoms with Crippen LogP contribution in [0.1, 0.15) is 43.8 Å². The highest BCUT2D eigenvalue weighted by Crippen LogP contribution is 2.31. The molecule has 0 radical (unpaired) electrons. The summed E-state index contributed by atoms with van der Waals surface area (Å²) < 4.78 is 10.4. The third-order valence-electron chi connectivity index (χ3n) is 5.22. The molecule has 130 valence electrons. The number of nitrogens with zero attached hydrogens (tertiary/aromatic N) is 4. The van der Waals surface area contributed by atoms with Crippen LogP contribution in [0.25, 0.3) is 0 Å². The van der Waals surface area contributed by atoms with Crippen LogP contribution in [0.5, 0.6) is 0 Å². The van der Waals surface area contributed by atoms with Crippen molar-refractivity contribution in [2.75, 3.05) is 40.4 Å². The Balaban J connectivity index is 1.50. The highest BCUT2D eigenvalue weighted by Gasteiger charge is 2.33. The summed E-state index contributed by atoms with van der Waals surface area (Å²) in [4.78, 5) is 9.52. The van der Waals surface area contributed by atoms with Gasteiger partial charge in [0, 0.05) is 26.1 Å². The molecular weight excluding hydrogens is 292 g/mol. The first kappa shape index (κ1) is 16.9. The van der Waals surface area contributed by atoms with Gasteiger partial charge >= 0.3 is 0 Å². The Labute approximate surface area is 139 Å². The average Bonchev–Trinajstić information content (AvgIpc) is 3.00. The molecule has 1 aromatic rings. The summed E-state index contributed by atoms with van der Waals surface area (Å²) >= 11 is 0. The molecule has 0 aromatic carbocycles. The van der Waals surface area contributed by atoms with Gasteiger partial charge < -0.3 is 14.2 Å². The van der Waals surface area contributed by atoms with Gasteiger partial charge in [0.15, 0.2) is 5.82 Å². The highest BCUT2D eigenvalue weighted by atomic mass is 16.5. The van der Waals surface area contributed by atoms with Gasteiger partial charge in [-0.3, -0.25) is 4.90 Å². The van der Waals surface area contributed by atoms with Crippen molar-refractivity contribution < 1.29 is 9.26 Å². The lowest BCUT2D eigenvalue weighted by Crippen LogP contribution is -2.50. The second-order valence-electron chi connectivity index (χ2n) is 7.05. The summed E-state index contributed by atoms with van der Waals surface area (Å²) in [6, 6.07) is 0.792. The van der Waals surface area contributed by atoms with Crippen LogP contribution in [-0.4, -0.2) is 66.4 Å². The Kier molecular flexibility index (Phi) is 6.02. The number of fused-ring (bicyclic) bond motifs is 1. The lowest BCUT2D eigenvalue weighted by Gasteiger charge is -2.45. The van der Waals surface area contributed by atoms with E-state index in [0.29, 0.717) is 13.0 Å². The van der Waals surface area contributed by atoms with Crippen molar-refractivity contribution in [3.05, 3.63) is 11.7 Å². The van der Waals surface area contributed by atoms with Crippen molar-refractivity contribution in [2.24, 2.45) is 5.92 Å². The summed E-state index contributed by atoms with van der Waals surface area (Å²) in [5, 5.41) is 4.02. The van der Waals surface area contributed by atoms with E-state index in [1.807, 2.05) is 0 Å². The lowest BCUT2D eigenvalue weighted by atomic mass is 9.83. The van der Waals surface area contributed by atoms with Gasteiger partial charge in [-0.05, 0) is 51.7 Å². The lowest BCUT2D eigenvalue weighted by molar-refractivity contribution is 0.0421. The Morgan fingerprint density at radius 1 is 1.26 bits per heavy atom. The van der Waals surface area contributed by atoms with Crippen LogP contribution in [0.4, 0.5) is 0 Å². The van der Waals surface area contributed by atoms with E-state index < -0.39 is 0 Å². The first-order valence-electron chi connectivity index (χ1n) is 8.99. The maximum Gasteiger partial charge on any atom is 0.240 e. The van der Waals surface area contributed by atoms with Crippen molar-refractivity contribution in [1.82, 2.24) is 19.9 Å². The first-order chi connectivity index (χ1) is 11.3. The van der Waals surface area contributed by atoms with Gasteiger partial charge in [-0.1, -0.05) is 11.6 Å². The van der Waals surface area contributed by atoms with Crippen LogP contribution in [0.2, 0.25) is 0 Å². The molecule has 2 saturated heterocycles. The molecule has 0 amide bonds. The van der Waals surface area contributed by atoms with Gasteiger partial charge in [0.25, 0.3) is 0 Å². The molecule has 2 fully saturated rings. The van der Waals surface area contributed by atoms with Crippen LogP contribution in [0, 0.1) is 5.92 Å². The molecule has 3 rings (SSSR count). The van der Waals surface area contributed by atoms with Crippen LogP contribution < -0.4 is 0 Å². The van der Waals surface area contributed by atoms with Crippen molar-refractivity contribution in [3.63, 3.8) is 0 Å². The molecule has 0 saturated carbocycles. The quantitative estimate of drug-likeness (QED) is 0.765. The van der Waals surface area contributed by atoms with E-state index in [1.54, 1.807) is 7.11 Å². The van der Waals surface area contributed by atoms with Gasteiger partial charge in [-0.15, -0.1) is 0 Å². The Morgan fingerprint density at radius 2 is 2.13 bits per heavy atom. The number of piperidine rings is 2. The fourth-order valence-corrected chi connectivity index (χ4v) is 4.14. The predicted octanol–water partition coefficient (Wildman–Crippen LogP) is 1.95.